The van der Waals surface area contributed by atoms with E-state index in [1.165, 1.54) is 21.1 Å². The summed E-state index contributed by atoms with van der Waals surface area (Å²) in [4.78, 5) is 0. The Balaban J connectivity index is 2.74. The third-order valence-corrected chi connectivity index (χ3v) is 2.98. The number of alkyl halides is 3. The Morgan fingerprint density at radius 2 is 1.70 bits per heavy atom. The van der Waals surface area contributed by atoms with Crippen LogP contribution >= 0.6 is 0 Å². The summed E-state index contributed by atoms with van der Waals surface area (Å²) < 4.78 is 47.2. The summed E-state index contributed by atoms with van der Waals surface area (Å²) in [5, 5.41) is 2.93. The summed E-state index contributed by atoms with van der Waals surface area (Å²) in [7, 11) is 3.05. The SMILES string of the molecule is COc1ccc(C(C)NC(C)CC(F)(F)F)cc1OC. The Hall–Kier alpha value is -1.43. The smallest absolute Gasteiger partial charge is 0.390 e. The van der Waals surface area contributed by atoms with Gasteiger partial charge in [0.15, 0.2) is 11.5 Å². The van der Waals surface area contributed by atoms with Crippen molar-refractivity contribution in [1.29, 1.82) is 0 Å². The van der Waals surface area contributed by atoms with Gasteiger partial charge in [-0.05, 0) is 31.5 Å². The topological polar surface area (TPSA) is 30.5 Å². The number of nitrogens with one attached hydrogen (secondary N) is 1. The first-order valence-electron chi connectivity index (χ1n) is 6.31. The Morgan fingerprint density at radius 1 is 1.10 bits per heavy atom. The predicted molar refractivity (Wildman–Crippen MR) is 71.2 cm³/mol. The maximum absolute atomic E-state index is 12.3. The van der Waals surface area contributed by atoms with Crippen molar-refractivity contribution in [3.8, 4) is 11.5 Å². The van der Waals surface area contributed by atoms with Crippen LogP contribution in [-0.2, 0) is 0 Å². The van der Waals surface area contributed by atoms with Gasteiger partial charge in [-0.25, -0.2) is 0 Å². The van der Waals surface area contributed by atoms with Crippen molar-refractivity contribution < 1.29 is 22.6 Å². The van der Waals surface area contributed by atoms with Crippen molar-refractivity contribution in [3.63, 3.8) is 0 Å². The Labute approximate surface area is 117 Å². The lowest BCUT2D eigenvalue weighted by Crippen LogP contribution is -2.33. The normalized spacial score (nSPS) is 14.8. The van der Waals surface area contributed by atoms with Gasteiger partial charge in [-0.2, -0.15) is 13.2 Å². The first-order valence-corrected chi connectivity index (χ1v) is 6.31. The summed E-state index contributed by atoms with van der Waals surface area (Å²) in [6.45, 7) is 3.33. The molecule has 20 heavy (non-hydrogen) atoms. The molecule has 0 aliphatic carbocycles. The summed E-state index contributed by atoms with van der Waals surface area (Å²) in [5.41, 5.74) is 0.844. The van der Waals surface area contributed by atoms with Gasteiger partial charge in [-0.3, -0.25) is 0 Å². The fourth-order valence-corrected chi connectivity index (χ4v) is 2.05. The quantitative estimate of drug-likeness (QED) is 0.867. The monoisotopic (exact) mass is 291 g/mol. The van der Waals surface area contributed by atoms with Crippen LogP contribution in [0.1, 0.15) is 31.9 Å². The van der Waals surface area contributed by atoms with E-state index in [9.17, 15) is 13.2 Å². The molecule has 0 aromatic heterocycles. The number of halogens is 3. The Morgan fingerprint density at radius 3 is 2.20 bits per heavy atom. The zero-order valence-corrected chi connectivity index (χ0v) is 12.0. The molecule has 0 spiro atoms. The van der Waals surface area contributed by atoms with Gasteiger partial charge in [-0.1, -0.05) is 6.07 Å². The first-order chi connectivity index (χ1) is 9.26. The minimum atomic E-state index is -4.16. The minimum Gasteiger partial charge on any atom is -0.493 e. The molecule has 0 amide bonds. The standard InChI is InChI=1S/C14H20F3NO2/c1-9(8-14(15,16)17)18-10(2)11-5-6-12(19-3)13(7-11)20-4/h5-7,9-10,18H,8H2,1-4H3. The van der Waals surface area contributed by atoms with E-state index in [0.29, 0.717) is 11.5 Å². The van der Waals surface area contributed by atoms with Crippen molar-refractivity contribution in [2.24, 2.45) is 0 Å². The van der Waals surface area contributed by atoms with Gasteiger partial charge in [-0.15, -0.1) is 0 Å². The van der Waals surface area contributed by atoms with Crippen LogP contribution in [0.2, 0.25) is 0 Å². The van der Waals surface area contributed by atoms with E-state index in [-0.39, 0.29) is 6.04 Å². The second-order valence-electron chi connectivity index (χ2n) is 4.72. The average molecular weight is 291 g/mol. The van der Waals surface area contributed by atoms with E-state index >= 15 is 0 Å². The molecule has 0 bridgehead atoms. The molecule has 114 valence electrons. The zero-order chi connectivity index (χ0) is 15.3. The molecule has 3 nitrogen and oxygen atoms in total. The number of hydrogen-bond donors (Lipinski definition) is 1. The van der Waals surface area contributed by atoms with E-state index in [2.05, 4.69) is 5.32 Å². The van der Waals surface area contributed by atoms with Crippen LogP contribution in [0.15, 0.2) is 18.2 Å². The van der Waals surface area contributed by atoms with Gasteiger partial charge in [0.2, 0.25) is 0 Å². The number of methoxy groups -OCH3 is 2. The summed E-state index contributed by atoms with van der Waals surface area (Å²) >= 11 is 0. The van der Waals surface area contributed by atoms with Crippen LogP contribution in [0.25, 0.3) is 0 Å². The Bertz CT molecular complexity index is 435. The van der Waals surface area contributed by atoms with Gasteiger partial charge >= 0.3 is 6.18 Å². The van der Waals surface area contributed by atoms with Crippen LogP contribution in [0.4, 0.5) is 13.2 Å². The molecule has 0 aliphatic rings. The maximum atomic E-state index is 12.3. The van der Waals surface area contributed by atoms with E-state index in [1.54, 1.807) is 18.2 Å². The molecule has 0 radical (unpaired) electrons. The number of hydrogen-bond acceptors (Lipinski definition) is 3. The molecule has 1 N–H and O–H groups in total. The second-order valence-corrected chi connectivity index (χ2v) is 4.72. The minimum absolute atomic E-state index is 0.216. The lowest BCUT2D eigenvalue weighted by molar-refractivity contribution is -0.139. The summed E-state index contributed by atoms with van der Waals surface area (Å²) in [6.07, 6.45) is -5.02. The molecule has 0 aliphatic heterocycles. The molecule has 0 heterocycles. The van der Waals surface area contributed by atoms with Gasteiger partial charge in [0.05, 0.1) is 20.6 Å². The van der Waals surface area contributed by atoms with E-state index in [0.717, 1.165) is 5.56 Å². The largest absolute Gasteiger partial charge is 0.493 e. The van der Waals surface area contributed by atoms with Crippen molar-refractivity contribution in [1.82, 2.24) is 5.32 Å². The molecule has 6 heteroatoms. The fourth-order valence-electron chi connectivity index (χ4n) is 2.05. The second kappa shape index (κ2) is 6.83. The fraction of sp³-hybridized carbons (Fsp3) is 0.571. The Kier molecular flexibility index (Phi) is 5.68. The maximum Gasteiger partial charge on any atom is 0.390 e. The first kappa shape index (κ1) is 16.6. The van der Waals surface area contributed by atoms with E-state index in [4.69, 9.17) is 9.47 Å². The molecule has 0 saturated carbocycles. The predicted octanol–water partition coefficient (Wildman–Crippen LogP) is 3.70. The highest BCUT2D eigenvalue weighted by Crippen LogP contribution is 2.30. The average Bonchev–Trinajstić information content (AvgIpc) is 2.35. The molecule has 1 aromatic rings. The van der Waals surface area contributed by atoms with Gasteiger partial charge < -0.3 is 14.8 Å². The van der Waals surface area contributed by atoms with Crippen molar-refractivity contribution in [2.75, 3.05) is 14.2 Å². The molecular formula is C14H20F3NO2. The summed E-state index contributed by atoms with van der Waals surface area (Å²) in [6, 6.07) is 4.43. The van der Waals surface area contributed by atoms with Crippen LogP contribution < -0.4 is 14.8 Å². The van der Waals surface area contributed by atoms with E-state index in [1.807, 2.05) is 6.92 Å². The lowest BCUT2D eigenvalue weighted by atomic mass is 10.1. The van der Waals surface area contributed by atoms with Crippen molar-refractivity contribution in [3.05, 3.63) is 23.8 Å². The van der Waals surface area contributed by atoms with Crippen LogP contribution in [0, 0.1) is 0 Å². The number of benzene rings is 1. The van der Waals surface area contributed by atoms with Crippen LogP contribution in [-0.4, -0.2) is 26.4 Å². The highest BCUT2D eigenvalue weighted by molar-refractivity contribution is 5.43. The molecule has 0 saturated heterocycles. The highest BCUT2D eigenvalue weighted by atomic mass is 19.4. The lowest BCUT2D eigenvalue weighted by Gasteiger charge is -2.22. The zero-order valence-electron chi connectivity index (χ0n) is 12.0. The molecule has 2 unspecified atom stereocenters. The molecule has 0 fully saturated rings. The highest BCUT2D eigenvalue weighted by Gasteiger charge is 2.30. The molecule has 1 rings (SSSR count). The van der Waals surface area contributed by atoms with Gasteiger partial charge in [0.25, 0.3) is 0 Å². The summed E-state index contributed by atoms with van der Waals surface area (Å²) in [5.74, 6) is 1.15. The molecular weight excluding hydrogens is 271 g/mol. The van der Waals surface area contributed by atoms with Crippen molar-refractivity contribution in [2.45, 2.75) is 38.5 Å². The molecule has 2 atom stereocenters. The molecule has 1 aromatic carbocycles. The van der Waals surface area contributed by atoms with Crippen LogP contribution in [0.5, 0.6) is 11.5 Å². The third kappa shape index (κ3) is 4.92. The van der Waals surface area contributed by atoms with Gasteiger partial charge in [0, 0.05) is 12.1 Å². The van der Waals surface area contributed by atoms with Gasteiger partial charge in [0.1, 0.15) is 0 Å². The third-order valence-electron chi connectivity index (χ3n) is 2.98. The van der Waals surface area contributed by atoms with Crippen molar-refractivity contribution >= 4 is 0 Å². The van der Waals surface area contributed by atoms with E-state index < -0.39 is 18.6 Å². The number of ether oxygens (including phenoxy) is 2. The number of rotatable bonds is 6. The van der Waals surface area contributed by atoms with Crippen LogP contribution in [0.3, 0.4) is 0 Å².